The number of carboxylic acid groups (broad SMARTS) is 1. The standard InChI is InChI=1S/C7HBrCl2F2O.C7H2BrClF2O2/c8-3-1-2(7(10)13)5(11)4(9)6(3)12;8-3-1-2(7(12)13)5(10)4(9)6(3)11/h1H;1H,(H,12,13). The summed E-state index contributed by atoms with van der Waals surface area (Å²) < 4.78 is 51.3. The van der Waals surface area contributed by atoms with Gasteiger partial charge in [0, 0.05) is 0 Å². The fourth-order valence-electron chi connectivity index (χ4n) is 1.44. The van der Waals surface area contributed by atoms with Crippen LogP contribution in [0.3, 0.4) is 0 Å². The zero-order valence-electron chi connectivity index (χ0n) is 11.8. The molecule has 0 atom stereocenters. The number of carbonyl (C=O) groups is 2. The van der Waals surface area contributed by atoms with E-state index in [1.807, 2.05) is 0 Å². The third-order valence-electron chi connectivity index (χ3n) is 2.65. The fourth-order valence-corrected chi connectivity index (χ4v) is 3.07. The van der Waals surface area contributed by atoms with Crippen LogP contribution in [0, 0.1) is 23.3 Å². The normalized spacial score (nSPS) is 10.2. The van der Waals surface area contributed by atoms with E-state index in [1.54, 1.807) is 0 Å². The molecule has 140 valence electrons. The summed E-state index contributed by atoms with van der Waals surface area (Å²) in [6.45, 7) is 0. The van der Waals surface area contributed by atoms with Crippen LogP contribution in [0.1, 0.15) is 20.7 Å². The van der Waals surface area contributed by atoms with Crippen LogP contribution in [0.5, 0.6) is 0 Å². The summed E-state index contributed by atoms with van der Waals surface area (Å²) in [5.74, 6) is -5.89. The molecule has 0 amide bonds. The summed E-state index contributed by atoms with van der Waals surface area (Å²) in [6.07, 6.45) is 0. The fraction of sp³-hybridized carbons (Fsp3) is 0. The molecule has 0 heterocycles. The van der Waals surface area contributed by atoms with Gasteiger partial charge in [-0.05, 0) is 55.6 Å². The average molecular weight is 561 g/mol. The molecule has 0 saturated heterocycles. The Labute approximate surface area is 175 Å². The molecular weight excluding hydrogens is 558 g/mol. The van der Waals surface area contributed by atoms with Gasteiger partial charge in [0.25, 0.3) is 5.24 Å². The maximum Gasteiger partial charge on any atom is 0.338 e. The number of aromatic carboxylic acids is 1. The van der Waals surface area contributed by atoms with Gasteiger partial charge < -0.3 is 5.11 Å². The summed E-state index contributed by atoms with van der Waals surface area (Å²) in [7, 11) is 0. The lowest BCUT2D eigenvalue weighted by Gasteiger charge is -2.02. The van der Waals surface area contributed by atoms with Gasteiger partial charge in [0.2, 0.25) is 0 Å². The maximum atomic E-state index is 13.0. The first-order chi connectivity index (χ1) is 11.9. The molecule has 0 fully saturated rings. The predicted molar refractivity (Wildman–Crippen MR) is 95.3 cm³/mol. The van der Waals surface area contributed by atoms with E-state index in [2.05, 4.69) is 31.9 Å². The third kappa shape index (κ3) is 5.10. The second kappa shape index (κ2) is 9.36. The molecule has 0 saturated carbocycles. The van der Waals surface area contributed by atoms with Gasteiger partial charge in [-0.3, -0.25) is 4.79 Å². The van der Waals surface area contributed by atoms with Gasteiger partial charge in [0.05, 0.1) is 20.1 Å². The second-order valence-electron chi connectivity index (χ2n) is 4.27. The molecule has 0 radical (unpaired) electrons. The van der Waals surface area contributed by atoms with Gasteiger partial charge >= 0.3 is 5.97 Å². The number of rotatable bonds is 2. The SMILES string of the molecule is O=C(Cl)c1cc(Br)c(F)c(Cl)c1F.O=C(O)c1cc(Br)c(F)c(Cl)c1F. The molecule has 26 heavy (non-hydrogen) atoms. The van der Waals surface area contributed by atoms with E-state index in [0.29, 0.717) is 0 Å². The van der Waals surface area contributed by atoms with Crippen LogP contribution in [-0.2, 0) is 0 Å². The lowest BCUT2D eigenvalue weighted by molar-refractivity contribution is 0.0691. The van der Waals surface area contributed by atoms with Crippen LogP contribution < -0.4 is 0 Å². The second-order valence-corrected chi connectivity index (χ2v) is 7.08. The number of benzene rings is 2. The Morgan fingerprint density at radius 3 is 1.50 bits per heavy atom. The van der Waals surface area contributed by atoms with Gasteiger partial charge in [-0.2, -0.15) is 0 Å². The minimum atomic E-state index is -1.50. The Morgan fingerprint density at radius 1 is 0.808 bits per heavy atom. The number of hydrogen-bond donors (Lipinski definition) is 1. The smallest absolute Gasteiger partial charge is 0.338 e. The Morgan fingerprint density at radius 2 is 1.15 bits per heavy atom. The first-order valence-corrected chi connectivity index (χ1v) is 8.71. The van der Waals surface area contributed by atoms with Crippen LogP contribution in [0.15, 0.2) is 21.1 Å². The number of carboxylic acids is 1. The molecule has 0 aliphatic carbocycles. The molecule has 12 heteroatoms. The van der Waals surface area contributed by atoms with Crippen molar-refractivity contribution in [1.82, 2.24) is 0 Å². The molecular formula is C14H3Br2Cl3F4O3. The summed E-state index contributed by atoms with van der Waals surface area (Å²) >= 11 is 20.9. The van der Waals surface area contributed by atoms with Crippen LogP contribution in [0.4, 0.5) is 17.6 Å². The highest BCUT2D eigenvalue weighted by Gasteiger charge is 2.20. The quantitative estimate of drug-likeness (QED) is 0.189. The van der Waals surface area contributed by atoms with Gasteiger partial charge in [-0.25, -0.2) is 22.4 Å². The van der Waals surface area contributed by atoms with Crippen LogP contribution >= 0.6 is 66.7 Å². The van der Waals surface area contributed by atoms with Crippen molar-refractivity contribution >= 4 is 77.9 Å². The summed E-state index contributed by atoms with van der Waals surface area (Å²) in [5, 5.41) is 5.86. The molecule has 3 nitrogen and oxygen atoms in total. The van der Waals surface area contributed by atoms with Crippen molar-refractivity contribution < 1.29 is 32.3 Å². The number of carbonyl (C=O) groups excluding carboxylic acids is 1. The van der Waals surface area contributed by atoms with Crippen molar-refractivity contribution in [3.8, 4) is 0 Å². The third-order valence-corrected chi connectivity index (χ3v) is 4.67. The van der Waals surface area contributed by atoms with Crippen molar-refractivity contribution in [2.75, 3.05) is 0 Å². The molecule has 2 rings (SSSR count). The molecule has 0 bridgehead atoms. The lowest BCUT2D eigenvalue weighted by Crippen LogP contribution is -2.02. The summed E-state index contributed by atoms with van der Waals surface area (Å²) in [4.78, 5) is 21.0. The number of hydrogen-bond acceptors (Lipinski definition) is 2. The number of halogens is 9. The van der Waals surface area contributed by atoms with E-state index in [0.717, 1.165) is 12.1 Å². The first kappa shape index (κ1) is 23.2. The first-order valence-electron chi connectivity index (χ1n) is 5.99. The van der Waals surface area contributed by atoms with Crippen molar-refractivity contribution in [3.63, 3.8) is 0 Å². The van der Waals surface area contributed by atoms with Crippen molar-refractivity contribution in [2.45, 2.75) is 0 Å². The molecule has 0 unspecified atom stereocenters. The molecule has 2 aromatic rings. The topological polar surface area (TPSA) is 54.4 Å². The van der Waals surface area contributed by atoms with Gasteiger partial charge in [-0.15, -0.1) is 0 Å². The highest BCUT2D eigenvalue weighted by Crippen LogP contribution is 2.30. The molecule has 0 aliphatic heterocycles. The molecule has 0 aliphatic rings. The summed E-state index contributed by atoms with van der Waals surface area (Å²) in [5.41, 5.74) is -1.13. The Hall–Kier alpha value is -0.870. The van der Waals surface area contributed by atoms with Crippen molar-refractivity contribution in [1.29, 1.82) is 0 Å². The van der Waals surface area contributed by atoms with Crippen LogP contribution in [-0.4, -0.2) is 16.3 Å². The maximum absolute atomic E-state index is 13.0. The Balaban J connectivity index is 0.000000260. The molecule has 0 spiro atoms. The predicted octanol–water partition coefficient (Wildman–Crippen LogP) is 6.84. The minimum Gasteiger partial charge on any atom is -0.478 e. The van der Waals surface area contributed by atoms with Crippen molar-refractivity contribution in [3.05, 3.63) is 65.5 Å². The molecule has 2 aromatic carbocycles. The highest BCUT2D eigenvalue weighted by atomic mass is 79.9. The zero-order valence-corrected chi connectivity index (χ0v) is 17.3. The van der Waals surface area contributed by atoms with E-state index in [1.165, 1.54) is 0 Å². The Bertz CT molecular complexity index is 836. The van der Waals surface area contributed by atoms with Gasteiger partial charge in [-0.1, -0.05) is 23.2 Å². The highest BCUT2D eigenvalue weighted by molar-refractivity contribution is 9.10. The van der Waals surface area contributed by atoms with E-state index >= 15 is 0 Å². The minimum absolute atomic E-state index is 0.108. The van der Waals surface area contributed by atoms with E-state index < -0.39 is 55.7 Å². The van der Waals surface area contributed by atoms with E-state index in [9.17, 15) is 27.2 Å². The van der Waals surface area contributed by atoms with E-state index in [4.69, 9.17) is 39.9 Å². The molecule has 1 N–H and O–H groups in total. The van der Waals surface area contributed by atoms with Crippen molar-refractivity contribution in [2.24, 2.45) is 0 Å². The van der Waals surface area contributed by atoms with E-state index in [-0.39, 0.29) is 8.95 Å². The largest absolute Gasteiger partial charge is 0.478 e. The van der Waals surface area contributed by atoms with Gasteiger partial charge in [0.15, 0.2) is 23.3 Å². The van der Waals surface area contributed by atoms with Gasteiger partial charge in [0.1, 0.15) is 10.0 Å². The van der Waals surface area contributed by atoms with Crippen LogP contribution in [0.25, 0.3) is 0 Å². The Kier molecular flexibility index (Phi) is 8.34. The zero-order chi connectivity index (χ0) is 20.3. The monoisotopic (exact) mass is 558 g/mol. The average Bonchev–Trinajstić information content (AvgIpc) is 2.57. The lowest BCUT2D eigenvalue weighted by atomic mass is 10.2. The summed E-state index contributed by atoms with van der Waals surface area (Å²) in [6, 6.07) is 1.75. The molecule has 0 aromatic heterocycles. The van der Waals surface area contributed by atoms with Crippen LogP contribution in [0.2, 0.25) is 10.0 Å².